The standard InChI is InChI=1S/C13H9F6N3/c1-2-3-22-7-20-11(21-22)8-4-9(12(14,15)16)6-10(5-8)13(17,18)19/h2-7H,1H3/b3-2-. The molecular formula is C13H9F6N3. The average Bonchev–Trinajstić information content (AvgIpc) is 2.85. The molecule has 1 heterocycles. The Balaban J connectivity index is 2.59. The lowest BCUT2D eigenvalue weighted by atomic mass is 10.0. The molecule has 22 heavy (non-hydrogen) atoms. The maximum absolute atomic E-state index is 12.8. The third kappa shape index (κ3) is 3.46. The van der Waals surface area contributed by atoms with Crippen LogP contribution in [0.4, 0.5) is 26.3 Å². The van der Waals surface area contributed by atoms with Crippen LogP contribution in [0.5, 0.6) is 0 Å². The van der Waals surface area contributed by atoms with Crippen LogP contribution in [-0.4, -0.2) is 14.8 Å². The fraction of sp³-hybridized carbons (Fsp3) is 0.231. The van der Waals surface area contributed by atoms with Crippen molar-refractivity contribution in [2.45, 2.75) is 19.3 Å². The Morgan fingerprint density at radius 1 is 0.955 bits per heavy atom. The average molecular weight is 321 g/mol. The van der Waals surface area contributed by atoms with Gasteiger partial charge in [0.05, 0.1) is 11.1 Å². The fourth-order valence-electron chi connectivity index (χ4n) is 1.72. The molecule has 0 aliphatic carbocycles. The van der Waals surface area contributed by atoms with Gasteiger partial charge in [0.2, 0.25) is 0 Å². The van der Waals surface area contributed by atoms with E-state index in [-0.39, 0.29) is 17.5 Å². The Bertz CT molecular complexity index is 664. The number of hydrogen-bond donors (Lipinski definition) is 0. The molecule has 9 heteroatoms. The minimum atomic E-state index is -4.90. The number of allylic oxidation sites excluding steroid dienone is 1. The van der Waals surface area contributed by atoms with Crippen LogP contribution in [0.3, 0.4) is 0 Å². The first-order chi connectivity index (χ1) is 10.1. The van der Waals surface area contributed by atoms with Crippen molar-refractivity contribution in [2.75, 3.05) is 0 Å². The van der Waals surface area contributed by atoms with Crippen molar-refractivity contribution in [3.8, 4) is 11.4 Å². The molecule has 0 aliphatic heterocycles. The lowest BCUT2D eigenvalue weighted by Gasteiger charge is -2.13. The molecule has 0 aliphatic rings. The number of benzene rings is 1. The highest BCUT2D eigenvalue weighted by atomic mass is 19.4. The van der Waals surface area contributed by atoms with E-state index in [4.69, 9.17) is 0 Å². The van der Waals surface area contributed by atoms with E-state index in [0.717, 1.165) is 0 Å². The summed E-state index contributed by atoms with van der Waals surface area (Å²) in [5.74, 6) is -0.227. The third-order valence-electron chi connectivity index (χ3n) is 2.66. The Labute approximate surface area is 120 Å². The predicted molar refractivity (Wildman–Crippen MR) is 66.5 cm³/mol. The largest absolute Gasteiger partial charge is 0.416 e. The van der Waals surface area contributed by atoms with Gasteiger partial charge in [0, 0.05) is 11.8 Å². The third-order valence-corrected chi connectivity index (χ3v) is 2.66. The van der Waals surface area contributed by atoms with Gasteiger partial charge < -0.3 is 0 Å². The molecule has 0 amide bonds. The summed E-state index contributed by atoms with van der Waals surface area (Å²) in [4.78, 5) is 3.72. The first kappa shape index (κ1) is 16.1. The van der Waals surface area contributed by atoms with Gasteiger partial charge in [-0.2, -0.15) is 26.3 Å². The molecule has 2 rings (SSSR count). The molecule has 3 nitrogen and oxygen atoms in total. The predicted octanol–water partition coefficient (Wildman–Crippen LogP) is 4.47. The summed E-state index contributed by atoms with van der Waals surface area (Å²) in [5.41, 5.74) is -3.16. The Morgan fingerprint density at radius 2 is 1.50 bits per heavy atom. The van der Waals surface area contributed by atoms with Gasteiger partial charge in [0.25, 0.3) is 0 Å². The van der Waals surface area contributed by atoms with Crippen LogP contribution in [0.15, 0.2) is 30.6 Å². The quantitative estimate of drug-likeness (QED) is 0.764. The van der Waals surface area contributed by atoms with Crippen molar-refractivity contribution >= 4 is 6.20 Å². The van der Waals surface area contributed by atoms with Crippen molar-refractivity contribution < 1.29 is 26.3 Å². The highest BCUT2D eigenvalue weighted by Crippen LogP contribution is 2.37. The smallest absolute Gasteiger partial charge is 0.228 e. The lowest BCUT2D eigenvalue weighted by Crippen LogP contribution is -2.11. The zero-order chi connectivity index (χ0) is 16.5. The first-order valence-corrected chi connectivity index (χ1v) is 5.95. The molecule has 0 spiro atoms. The highest BCUT2D eigenvalue weighted by Gasteiger charge is 2.37. The number of nitrogens with zero attached hydrogens (tertiary/aromatic N) is 3. The van der Waals surface area contributed by atoms with Gasteiger partial charge in [-0.3, -0.25) is 0 Å². The Morgan fingerprint density at radius 3 is 1.95 bits per heavy atom. The lowest BCUT2D eigenvalue weighted by molar-refractivity contribution is -0.143. The fourth-order valence-corrected chi connectivity index (χ4v) is 1.72. The van der Waals surface area contributed by atoms with E-state index in [9.17, 15) is 26.3 Å². The molecule has 0 saturated carbocycles. The van der Waals surface area contributed by atoms with Crippen molar-refractivity contribution in [2.24, 2.45) is 0 Å². The van der Waals surface area contributed by atoms with Crippen LogP contribution in [0.1, 0.15) is 18.1 Å². The zero-order valence-corrected chi connectivity index (χ0v) is 11.1. The van der Waals surface area contributed by atoms with Crippen molar-refractivity contribution in [1.29, 1.82) is 0 Å². The van der Waals surface area contributed by atoms with E-state index < -0.39 is 23.5 Å². The van der Waals surface area contributed by atoms with Crippen molar-refractivity contribution in [1.82, 2.24) is 14.8 Å². The summed E-state index contributed by atoms with van der Waals surface area (Å²) in [6.45, 7) is 1.67. The van der Waals surface area contributed by atoms with Crippen LogP contribution < -0.4 is 0 Å². The second-order valence-electron chi connectivity index (χ2n) is 4.33. The summed E-state index contributed by atoms with van der Waals surface area (Å²) in [6, 6.07) is 1.24. The number of halogens is 6. The number of hydrogen-bond acceptors (Lipinski definition) is 2. The maximum Gasteiger partial charge on any atom is 0.416 e. The van der Waals surface area contributed by atoms with Crippen LogP contribution in [0, 0.1) is 0 Å². The molecule has 0 saturated heterocycles. The monoisotopic (exact) mass is 321 g/mol. The molecule has 1 aromatic heterocycles. The SMILES string of the molecule is C/C=C\n1cnc(-c2cc(C(F)(F)F)cc(C(F)(F)F)c2)n1. The summed E-state index contributed by atoms with van der Waals surface area (Å²) in [7, 11) is 0. The van der Waals surface area contributed by atoms with E-state index in [1.54, 1.807) is 13.0 Å². The summed E-state index contributed by atoms with van der Waals surface area (Å²) < 4.78 is 77.7. The molecular weight excluding hydrogens is 312 g/mol. The zero-order valence-electron chi connectivity index (χ0n) is 11.1. The molecule has 0 fully saturated rings. The summed E-state index contributed by atoms with van der Waals surface area (Å²) in [5, 5.41) is 3.80. The molecule has 0 atom stereocenters. The maximum atomic E-state index is 12.8. The van der Waals surface area contributed by atoms with Crippen molar-refractivity contribution in [3.05, 3.63) is 41.7 Å². The van der Waals surface area contributed by atoms with Gasteiger partial charge >= 0.3 is 12.4 Å². The van der Waals surface area contributed by atoms with Gasteiger partial charge in [0.1, 0.15) is 6.33 Å². The van der Waals surface area contributed by atoms with Gasteiger partial charge in [-0.15, -0.1) is 5.10 Å². The topological polar surface area (TPSA) is 30.7 Å². The van der Waals surface area contributed by atoms with Crippen LogP contribution in [0.2, 0.25) is 0 Å². The molecule has 0 unspecified atom stereocenters. The second-order valence-corrected chi connectivity index (χ2v) is 4.33. The van der Waals surface area contributed by atoms with E-state index in [0.29, 0.717) is 12.1 Å². The van der Waals surface area contributed by atoms with Gasteiger partial charge in [0.15, 0.2) is 5.82 Å². The number of rotatable bonds is 2. The minimum absolute atomic E-state index is 0.0619. The Kier molecular flexibility index (Phi) is 3.99. The van der Waals surface area contributed by atoms with Crippen molar-refractivity contribution in [3.63, 3.8) is 0 Å². The molecule has 0 N–H and O–H groups in total. The van der Waals surface area contributed by atoms with Crippen LogP contribution in [0.25, 0.3) is 17.6 Å². The van der Waals surface area contributed by atoms with E-state index in [1.807, 2.05) is 0 Å². The first-order valence-electron chi connectivity index (χ1n) is 5.95. The van der Waals surface area contributed by atoms with Gasteiger partial charge in [-0.25, -0.2) is 9.67 Å². The van der Waals surface area contributed by atoms with Gasteiger partial charge in [-0.05, 0) is 25.1 Å². The molecule has 1 aromatic carbocycles. The molecule has 0 radical (unpaired) electrons. The molecule has 0 bridgehead atoms. The van der Waals surface area contributed by atoms with E-state index in [2.05, 4.69) is 10.1 Å². The highest BCUT2D eigenvalue weighted by molar-refractivity contribution is 5.58. The van der Waals surface area contributed by atoms with E-state index >= 15 is 0 Å². The Hall–Kier alpha value is -2.32. The summed E-state index contributed by atoms with van der Waals surface area (Å²) >= 11 is 0. The molecule has 118 valence electrons. The minimum Gasteiger partial charge on any atom is -0.228 e. The summed E-state index contributed by atoms with van der Waals surface area (Å²) in [6.07, 6.45) is -5.58. The normalized spacial score (nSPS) is 13.0. The number of aromatic nitrogens is 3. The second kappa shape index (κ2) is 5.47. The van der Waals surface area contributed by atoms with Crippen LogP contribution >= 0.6 is 0 Å². The molecule has 2 aromatic rings. The van der Waals surface area contributed by atoms with Gasteiger partial charge in [-0.1, -0.05) is 6.08 Å². The number of alkyl halides is 6. The van der Waals surface area contributed by atoms with E-state index in [1.165, 1.54) is 17.2 Å². The van der Waals surface area contributed by atoms with Crippen LogP contribution in [-0.2, 0) is 12.4 Å².